The van der Waals surface area contributed by atoms with Crippen molar-refractivity contribution >= 4 is 10.9 Å². The van der Waals surface area contributed by atoms with Gasteiger partial charge in [0.2, 0.25) is 0 Å². The number of fused-ring (bicyclic) bond motifs is 1. The highest BCUT2D eigenvalue weighted by molar-refractivity contribution is 5.83. The van der Waals surface area contributed by atoms with Gasteiger partial charge in [-0.15, -0.1) is 0 Å². The van der Waals surface area contributed by atoms with Crippen LogP contribution in [0.15, 0.2) is 42.7 Å². The van der Waals surface area contributed by atoms with Crippen LogP contribution < -0.4 is 10.1 Å². The second-order valence-corrected chi connectivity index (χ2v) is 6.83. The van der Waals surface area contributed by atoms with Crippen molar-refractivity contribution in [1.29, 1.82) is 0 Å². The molecule has 1 fully saturated rings. The zero-order valence-corrected chi connectivity index (χ0v) is 14.5. The molecule has 130 valence electrons. The van der Waals surface area contributed by atoms with E-state index in [2.05, 4.69) is 39.6 Å². The normalized spacial score (nSPS) is 20.7. The Balaban J connectivity index is 1.38. The number of aromatic amines is 1. The summed E-state index contributed by atoms with van der Waals surface area (Å²) in [7, 11) is 0. The zero-order valence-electron chi connectivity index (χ0n) is 14.5. The molecule has 2 aromatic heterocycles. The molecule has 1 aromatic carbocycles. The van der Waals surface area contributed by atoms with E-state index < -0.39 is 0 Å². The molecule has 0 bridgehead atoms. The Morgan fingerprint density at radius 2 is 2.20 bits per heavy atom. The van der Waals surface area contributed by atoms with Gasteiger partial charge < -0.3 is 10.1 Å². The quantitative estimate of drug-likeness (QED) is 0.745. The lowest BCUT2D eigenvalue weighted by atomic mass is 9.92. The van der Waals surface area contributed by atoms with Crippen LogP contribution in [0.2, 0.25) is 0 Å². The summed E-state index contributed by atoms with van der Waals surface area (Å²) in [5, 5.41) is 11.9. The van der Waals surface area contributed by atoms with Crippen molar-refractivity contribution < 1.29 is 4.74 Å². The van der Waals surface area contributed by atoms with Gasteiger partial charge in [-0.05, 0) is 56.9 Å². The Bertz CT molecular complexity index is 830. The lowest BCUT2D eigenvalue weighted by Crippen LogP contribution is -2.38. The van der Waals surface area contributed by atoms with Gasteiger partial charge in [0.1, 0.15) is 11.9 Å². The number of benzene rings is 1. The molecule has 2 heterocycles. The number of aryl methyl sites for hydroxylation is 1. The number of H-pyrrole nitrogens is 1. The maximum atomic E-state index is 6.35. The first-order valence-electron chi connectivity index (χ1n) is 9.02. The SMILES string of the molecule is Cc1c(OC2CCCC(NCc3ccccn3)C2)ccc2[nH]ncc12. The number of hydrogen-bond donors (Lipinski definition) is 2. The van der Waals surface area contributed by atoms with Gasteiger partial charge >= 0.3 is 0 Å². The summed E-state index contributed by atoms with van der Waals surface area (Å²) < 4.78 is 6.35. The van der Waals surface area contributed by atoms with Gasteiger partial charge in [-0.1, -0.05) is 6.07 Å². The predicted molar refractivity (Wildman–Crippen MR) is 98.6 cm³/mol. The highest BCUT2D eigenvalue weighted by atomic mass is 16.5. The van der Waals surface area contributed by atoms with Crippen LogP contribution in [0.1, 0.15) is 36.9 Å². The molecule has 0 spiro atoms. The number of hydrogen-bond acceptors (Lipinski definition) is 4. The molecule has 5 heteroatoms. The highest BCUT2D eigenvalue weighted by Gasteiger charge is 2.23. The van der Waals surface area contributed by atoms with Crippen LogP contribution in [0.25, 0.3) is 10.9 Å². The lowest BCUT2D eigenvalue weighted by Gasteiger charge is -2.30. The van der Waals surface area contributed by atoms with Crippen molar-refractivity contribution in [2.24, 2.45) is 0 Å². The second-order valence-electron chi connectivity index (χ2n) is 6.83. The van der Waals surface area contributed by atoms with Gasteiger partial charge in [-0.3, -0.25) is 10.1 Å². The molecule has 1 aliphatic carbocycles. The zero-order chi connectivity index (χ0) is 17.1. The van der Waals surface area contributed by atoms with Crippen molar-refractivity contribution in [3.8, 4) is 5.75 Å². The first-order chi connectivity index (χ1) is 12.3. The Kier molecular flexibility index (Phi) is 4.65. The molecule has 5 nitrogen and oxygen atoms in total. The highest BCUT2D eigenvalue weighted by Crippen LogP contribution is 2.30. The lowest BCUT2D eigenvalue weighted by molar-refractivity contribution is 0.133. The maximum Gasteiger partial charge on any atom is 0.123 e. The van der Waals surface area contributed by atoms with Crippen LogP contribution in [-0.4, -0.2) is 27.3 Å². The number of nitrogens with zero attached hydrogens (tertiary/aromatic N) is 2. The first-order valence-corrected chi connectivity index (χ1v) is 9.02. The summed E-state index contributed by atoms with van der Waals surface area (Å²) in [6.45, 7) is 2.92. The minimum Gasteiger partial charge on any atom is -0.490 e. The Labute approximate surface area is 147 Å². The monoisotopic (exact) mass is 336 g/mol. The smallest absolute Gasteiger partial charge is 0.123 e. The molecule has 0 saturated heterocycles. The molecule has 25 heavy (non-hydrogen) atoms. The summed E-state index contributed by atoms with van der Waals surface area (Å²) in [6.07, 6.45) is 8.52. The van der Waals surface area contributed by atoms with Crippen molar-refractivity contribution in [2.45, 2.75) is 51.3 Å². The van der Waals surface area contributed by atoms with Gasteiger partial charge in [0.25, 0.3) is 0 Å². The number of rotatable bonds is 5. The molecule has 2 N–H and O–H groups in total. The fourth-order valence-electron chi connectivity index (χ4n) is 3.63. The van der Waals surface area contributed by atoms with Crippen molar-refractivity contribution in [3.05, 3.63) is 54.0 Å². The van der Waals surface area contributed by atoms with E-state index in [-0.39, 0.29) is 6.10 Å². The van der Waals surface area contributed by atoms with E-state index in [9.17, 15) is 0 Å². The summed E-state index contributed by atoms with van der Waals surface area (Å²) in [5.41, 5.74) is 3.31. The van der Waals surface area contributed by atoms with E-state index in [1.54, 1.807) is 0 Å². The molecule has 2 atom stereocenters. The largest absolute Gasteiger partial charge is 0.490 e. The topological polar surface area (TPSA) is 62.8 Å². The van der Waals surface area contributed by atoms with E-state index >= 15 is 0 Å². The Hall–Kier alpha value is -2.40. The Morgan fingerprint density at radius 3 is 3.08 bits per heavy atom. The number of pyridine rings is 1. The molecule has 3 aromatic rings. The first kappa shape index (κ1) is 16.1. The van der Waals surface area contributed by atoms with E-state index in [4.69, 9.17) is 4.74 Å². The third-order valence-corrected chi connectivity index (χ3v) is 5.06. The third-order valence-electron chi connectivity index (χ3n) is 5.06. The van der Waals surface area contributed by atoms with Crippen LogP contribution in [0.3, 0.4) is 0 Å². The fourth-order valence-corrected chi connectivity index (χ4v) is 3.63. The standard InChI is InChI=1S/C20H24N4O/c1-14-18-13-23-24-19(18)8-9-20(14)25-17-7-4-6-15(11-17)22-12-16-5-2-3-10-21-16/h2-3,5,8-10,13,15,17,22H,4,6-7,11-12H2,1H3,(H,23,24). The maximum absolute atomic E-state index is 6.35. The van der Waals surface area contributed by atoms with Crippen LogP contribution in [0.4, 0.5) is 0 Å². The van der Waals surface area contributed by atoms with Crippen molar-refractivity contribution in [1.82, 2.24) is 20.5 Å². The summed E-state index contributed by atoms with van der Waals surface area (Å²) >= 11 is 0. The van der Waals surface area contributed by atoms with E-state index in [1.807, 2.05) is 30.6 Å². The molecule has 0 amide bonds. The molecule has 1 aliphatic rings. The number of aromatic nitrogens is 3. The van der Waals surface area contributed by atoms with Crippen LogP contribution in [0.5, 0.6) is 5.75 Å². The summed E-state index contributed by atoms with van der Waals surface area (Å²) in [5.74, 6) is 0.976. The van der Waals surface area contributed by atoms with Gasteiger partial charge in [-0.25, -0.2) is 0 Å². The minimum atomic E-state index is 0.262. The molecule has 0 radical (unpaired) electrons. The van der Waals surface area contributed by atoms with E-state index in [0.29, 0.717) is 6.04 Å². The molecule has 1 saturated carbocycles. The fraction of sp³-hybridized carbons (Fsp3) is 0.400. The summed E-state index contributed by atoms with van der Waals surface area (Å²) in [6, 6.07) is 10.6. The number of nitrogens with one attached hydrogen (secondary N) is 2. The van der Waals surface area contributed by atoms with Gasteiger partial charge in [0, 0.05) is 29.7 Å². The summed E-state index contributed by atoms with van der Waals surface area (Å²) in [4.78, 5) is 4.38. The number of ether oxygens (including phenoxy) is 1. The van der Waals surface area contributed by atoms with Gasteiger partial charge in [0.15, 0.2) is 0 Å². The molecular formula is C20H24N4O. The van der Waals surface area contributed by atoms with Crippen LogP contribution >= 0.6 is 0 Å². The van der Waals surface area contributed by atoms with Crippen LogP contribution in [-0.2, 0) is 6.54 Å². The van der Waals surface area contributed by atoms with Gasteiger partial charge in [-0.2, -0.15) is 5.10 Å². The van der Waals surface area contributed by atoms with Crippen LogP contribution in [0, 0.1) is 6.92 Å². The minimum absolute atomic E-state index is 0.262. The van der Waals surface area contributed by atoms with Gasteiger partial charge in [0.05, 0.1) is 17.4 Å². The Morgan fingerprint density at radius 1 is 1.24 bits per heavy atom. The van der Waals surface area contributed by atoms with E-state index in [0.717, 1.165) is 47.3 Å². The average molecular weight is 336 g/mol. The second kappa shape index (κ2) is 7.23. The van der Waals surface area contributed by atoms with Crippen molar-refractivity contribution in [3.63, 3.8) is 0 Å². The van der Waals surface area contributed by atoms with E-state index in [1.165, 1.54) is 12.8 Å². The molecular weight excluding hydrogens is 312 g/mol. The van der Waals surface area contributed by atoms with Crippen molar-refractivity contribution in [2.75, 3.05) is 0 Å². The average Bonchev–Trinajstić information content (AvgIpc) is 3.13. The molecule has 4 rings (SSSR count). The predicted octanol–water partition coefficient (Wildman–Crippen LogP) is 3.75. The third kappa shape index (κ3) is 3.66. The molecule has 2 unspecified atom stereocenters. The molecule has 0 aliphatic heterocycles.